The van der Waals surface area contributed by atoms with Crippen molar-refractivity contribution in [3.05, 3.63) is 48.6 Å². The quantitative estimate of drug-likeness (QED) is 0.603. The standard InChI is InChI=1S/C15H21NOS/c1-5-11-15(13-9-7-6-8-10-13)12-16(15)18(17)14(2,3)4/h5-10H,1,11-12H2,2-4H3/t15-,16?,18?/m1/s1. The van der Waals surface area contributed by atoms with Crippen LogP contribution in [0.2, 0.25) is 0 Å². The molecule has 1 heterocycles. The van der Waals surface area contributed by atoms with Crippen LogP contribution < -0.4 is 0 Å². The van der Waals surface area contributed by atoms with Crippen LogP contribution in [0.25, 0.3) is 0 Å². The molecule has 1 aliphatic heterocycles. The van der Waals surface area contributed by atoms with E-state index >= 15 is 0 Å². The second-order valence-corrected chi connectivity index (χ2v) is 7.95. The number of rotatable bonds is 4. The van der Waals surface area contributed by atoms with E-state index in [0.717, 1.165) is 13.0 Å². The van der Waals surface area contributed by atoms with Gasteiger partial charge in [-0.05, 0) is 32.8 Å². The number of nitrogens with zero attached hydrogens (tertiary/aromatic N) is 1. The van der Waals surface area contributed by atoms with Gasteiger partial charge in [0.25, 0.3) is 0 Å². The van der Waals surface area contributed by atoms with E-state index in [1.807, 2.05) is 45.0 Å². The predicted octanol–water partition coefficient (Wildman–Crippen LogP) is 3.24. The Bertz CT molecular complexity index is 463. The molecule has 2 rings (SSSR count). The predicted molar refractivity (Wildman–Crippen MR) is 77.5 cm³/mol. The van der Waals surface area contributed by atoms with Crippen molar-refractivity contribution in [2.75, 3.05) is 6.54 Å². The molecule has 1 saturated heterocycles. The zero-order valence-electron chi connectivity index (χ0n) is 11.3. The molecule has 2 unspecified atom stereocenters. The molecule has 0 amide bonds. The average Bonchev–Trinajstić information content (AvgIpc) is 3.04. The van der Waals surface area contributed by atoms with Crippen LogP contribution in [0.15, 0.2) is 43.0 Å². The molecule has 0 spiro atoms. The van der Waals surface area contributed by atoms with E-state index in [1.54, 1.807) is 0 Å². The molecular formula is C15H21NOS. The van der Waals surface area contributed by atoms with E-state index in [2.05, 4.69) is 23.0 Å². The Balaban J connectivity index is 2.29. The van der Waals surface area contributed by atoms with Crippen LogP contribution in [-0.4, -0.2) is 19.8 Å². The van der Waals surface area contributed by atoms with Crippen molar-refractivity contribution in [2.24, 2.45) is 0 Å². The Morgan fingerprint density at radius 2 is 2.00 bits per heavy atom. The summed E-state index contributed by atoms with van der Waals surface area (Å²) in [5.74, 6) is 0. The first-order chi connectivity index (χ1) is 8.42. The molecule has 3 heteroatoms. The molecule has 0 bridgehead atoms. The van der Waals surface area contributed by atoms with Gasteiger partial charge in [-0.25, -0.2) is 8.51 Å². The average molecular weight is 263 g/mol. The third-order valence-electron chi connectivity index (χ3n) is 3.30. The van der Waals surface area contributed by atoms with Gasteiger partial charge in [-0.2, -0.15) is 0 Å². The normalized spacial score (nSPS) is 28.7. The smallest absolute Gasteiger partial charge is 0.101 e. The summed E-state index contributed by atoms with van der Waals surface area (Å²) >= 11 is 0. The van der Waals surface area contributed by atoms with Crippen molar-refractivity contribution in [3.8, 4) is 0 Å². The highest BCUT2D eigenvalue weighted by molar-refractivity contribution is 7.84. The van der Waals surface area contributed by atoms with Crippen LogP contribution >= 0.6 is 0 Å². The Kier molecular flexibility index (Phi) is 3.47. The highest BCUT2D eigenvalue weighted by Crippen LogP contribution is 2.48. The minimum Gasteiger partial charge on any atom is -0.242 e. The monoisotopic (exact) mass is 263 g/mol. The van der Waals surface area contributed by atoms with Gasteiger partial charge in [-0.1, -0.05) is 36.4 Å². The van der Waals surface area contributed by atoms with Gasteiger partial charge in [0, 0.05) is 6.54 Å². The molecule has 0 radical (unpaired) electrons. The second-order valence-electron chi connectivity index (χ2n) is 5.79. The van der Waals surface area contributed by atoms with Crippen LogP contribution in [0.3, 0.4) is 0 Å². The van der Waals surface area contributed by atoms with Crippen LogP contribution in [0.4, 0.5) is 0 Å². The lowest BCUT2D eigenvalue weighted by Gasteiger charge is -2.23. The van der Waals surface area contributed by atoms with Crippen molar-refractivity contribution in [1.29, 1.82) is 0 Å². The van der Waals surface area contributed by atoms with Gasteiger partial charge >= 0.3 is 0 Å². The van der Waals surface area contributed by atoms with Gasteiger partial charge in [0.2, 0.25) is 0 Å². The molecule has 0 saturated carbocycles. The minimum atomic E-state index is -0.964. The summed E-state index contributed by atoms with van der Waals surface area (Å²) in [6, 6.07) is 10.3. The summed E-state index contributed by atoms with van der Waals surface area (Å²) < 4.78 is 14.4. The Hall–Kier alpha value is -0.930. The van der Waals surface area contributed by atoms with Gasteiger partial charge in [0.05, 0.1) is 10.3 Å². The first-order valence-electron chi connectivity index (χ1n) is 6.28. The first-order valence-corrected chi connectivity index (χ1v) is 7.38. The van der Waals surface area contributed by atoms with Crippen LogP contribution in [0.1, 0.15) is 32.8 Å². The van der Waals surface area contributed by atoms with Gasteiger partial charge in [0.15, 0.2) is 0 Å². The SMILES string of the molecule is C=CC[C@]1(c2ccccc2)CN1S(=O)C(C)(C)C. The Morgan fingerprint density at radius 1 is 1.39 bits per heavy atom. The number of hydrogen-bond acceptors (Lipinski definition) is 1. The molecule has 0 aliphatic carbocycles. The summed E-state index contributed by atoms with van der Waals surface area (Å²) in [5.41, 5.74) is 1.14. The molecule has 1 fully saturated rings. The van der Waals surface area contributed by atoms with Crippen LogP contribution in [0, 0.1) is 0 Å². The third kappa shape index (κ3) is 2.29. The number of hydrogen-bond donors (Lipinski definition) is 0. The molecule has 1 aromatic rings. The third-order valence-corrected chi connectivity index (χ3v) is 5.22. The van der Waals surface area contributed by atoms with Crippen molar-refractivity contribution < 1.29 is 4.21 Å². The van der Waals surface area contributed by atoms with Gasteiger partial charge in [-0.15, -0.1) is 6.58 Å². The minimum absolute atomic E-state index is 0.0961. The summed E-state index contributed by atoms with van der Waals surface area (Å²) in [4.78, 5) is 0. The summed E-state index contributed by atoms with van der Waals surface area (Å²) in [5, 5.41) is 0. The topological polar surface area (TPSA) is 20.1 Å². The molecule has 3 atom stereocenters. The lowest BCUT2D eigenvalue weighted by Crippen LogP contribution is -2.30. The first kappa shape index (κ1) is 13.5. The summed E-state index contributed by atoms with van der Waals surface area (Å²) in [6.45, 7) is 10.8. The maximum Gasteiger partial charge on any atom is 0.101 e. The van der Waals surface area contributed by atoms with Crippen molar-refractivity contribution in [2.45, 2.75) is 37.5 Å². The fourth-order valence-corrected chi connectivity index (χ4v) is 3.75. The lowest BCUT2D eigenvalue weighted by molar-refractivity contribution is 0.539. The second kappa shape index (κ2) is 4.63. The summed E-state index contributed by atoms with van der Waals surface area (Å²) in [7, 11) is -0.964. The molecule has 2 nitrogen and oxygen atoms in total. The maximum absolute atomic E-state index is 12.5. The molecule has 1 aliphatic rings. The lowest BCUT2D eigenvalue weighted by atomic mass is 9.96. The largest absolute Gasteiger partial charge is 0.242 e. The number of benzene rings is 1. The molecular weight excluding hydrogens is 242 g/mol. The fraction of sp³-hybridized carbons (Fsp3) is 0.467. The maximum atomic E-state index is 12.5. The highest BCUT2D eigenvalue weighted by atomic mass is 32.2. The van der Waals surface area contributed by atoms with E-state index in [1.165, 1.54) is 5.56 Å². The summed E-state index contributed by atoms with van der Waals surface area (Å²) in [6.07, 6.45) is 2.77. The van der Waals surface area contributed by atoms with E-state index in [4.69, 9.17) is 0 Å². The Morgan fingerprint density at radius 3 is 2.50 bits per heavy atom. The Labute approximate surface area is 112 Å². The van der Waals surface area contributed by atoms with E-state index in [9.17, 15) is 4.21 Å². The zero-order valence-corrected chi connectivity index (χ0v) is 12.2. The van der Waals surface area contributed by atoms with Crippen LogP contribution in [0.5, 0.6) is 0 Å². The van der Waals surface area contributed by atoms with E-state index < -0.39 is 11.0 Å². The van der Waals surface area contributed by atoms with Crippen molar-refractivity contribution >= 4 is 11.0 Å². The molecule has 0 aromatic heterocycles. The zero-order chi connectivity index (χ0) is 13.4. The van der Waals surface area contributed by atoms with Gasteiger partial charge in [-0.3, -0.25) is 0 Å². The molecule has 0 N–H and O–H groups in total. The molecule has 1 aromatic carbocycles. The van der Waals surface area contributed by atoms with E-state index in [-0.39, 0.29) is 10.3 Å². The van der Waals surface area contributed by atoms with Gasteiger partial charge < -0.3 is 0 Å². The highest BCUT2D eigenvalue weighted by Gasteiger charge is 2.57. The van der Waals surface area contributed by atoms with Crippen LogP contribution in [-0.2, 0) is 16.5 Å². The molecule has 18 heavy (non-hydrogen) atoms. The fourth-order valence-electron chi connectivity index (χ4n) is 2.26. The van der Waals surface area contributed by atoms with Crippen molar-refractivity contribution in [3.63, 3.8) is 0 Å². The van der Waals surface area contributed by atoms with E-state index in [0.29, 0.717) is 0 Å². The van der Waals surface area contributed by atoms with Crippen molar-refractivity contribution in [1.82, 2.24) is 4.31 Å². The molecule has 98 valence electrons. The van der Waals surface area contributed by atoms with Gasteiger partial charge in [0.1, 0.15) is 11.0 Å².